The lowest BCUT2D eigenvalue weighted by Crippen LogP contribution is -2.20. The Labute approximate surface area is 94.4 Å². The maximum atomic E-state index is 12.0. The van der Waals surface area contributed by atoms with Crippen molar-refractivity contribution in [3.8, 4) is 5.75 Å². The van der Waals surface area contributed by atoms with Crippen LogP contribution in [0.4, 0.5) is 13.2 Å². The van der Waals surface area contributed by atoms with Crippen LogP contribution in [0, 0.1) is 6.92 Å². The van der Waals surface area contributed by atoms with E-state index < -0.39 is 12.8 Å². The molecule has 0 unspecified atom stereocenters. The van der Waals surface area contributed by atoms with Crippen LogP contribution in [0.25, 0.3) is 0 Å². The van der Waals surface area contributed by atoms with E-state index in [4.69, 9.17) is 4.74 Å². The molecule has 0 amide bonds. The van der Waals surface area contributed by atoms with Crippen molar-refractivity contribution < 1.29 is 17.9 Å². The van der Waals surface area contributed by atoms with E-state index in [9.17, 15) is 13.2 Å². The average molecular weight is 283 g/mol. The molecule has 0 aliphatic rings. The molecule has 0 heterocycles. The number of rotatable bonds is 3. The van der Waals surface area contributed by atoms with Gasteiger partial charge in [0.2, 0.25) is 0 Å². The average Bonchev–Trinajstić information content (AvgIpc) is 2.14. The van der Waals surface area contributed by atoms with Crippen molar-refractivity contribution in [2.24, 2.45) is 0 Å². The molecule has 15 heavy (non-hydrogen) atoms. The molecule has 1 rings (SSSR count). The first-order valence-electron chi connectivity index (χ1n) is 4.28. The molecule has 0 fully saturated rings. The quantitative estimate of drug-likeness (QED) is 0.766. The molecule has 0 aliphatic heterocycles. The van der Waals surface area contributed by atoms with Crippen molar-refractivity contribution in [1.82, 2.24) is 0 Å². The Kier molecular flexibility index (Phi) is 4.02. The number of aryl methyl sites for hydroxylation is 1. The second kappa shape index (κ2) is 4.88. The van der Waals surface area contributed by atoms with Crippen molar-refractivity contribution >= 4 is 15.9 Å². The Morgan fingerprint density at radius 2 is 2.00 bits per heavy atom. The molecule has 5 heteroatoms. The SMILES string of the molecule is Cc1cccc(CBr)c1OCC(F)(F)F. The van der Waals surface area contributed by atoms with Gasteiger partial charge in [-0.3, -0.25) is 0 Å². The van der Waals surface area contributed by atoms with Gasteiger partial charge in [0.1, 0.15) is 5.75 Å². The van der Waals surface area contributed by atoms with Gasteiger partial charge in [-0.1, -0.05) is 34.1 Å². The van der Waals surface area contributed by atoms with Crippen LogP contribution in [-0.2, 0) is 5.33 Å². The van der Waals surface area contributed by atoms with Crippen LogP contribution in [0.3, 0.4) is 0 Å². The van der Waals surface area contributed by atoms with E-state index >= 15 is 0 Å². The zero-order valence-corrected chi connectivity index (χ0v) is 9.65. The molecule has 0 saturated carbocycles. The van der Waals surface area contributed by atoms with Gasteiger partial charge in [0, 0.05) is 10.9 Å². The molecular formula is C10H10BrF3O. The molecule has 0 N–H and O–H groups in total. The van der Waals surface area contributed by atoms with Crippen LogP contribution < -0.4 is 4.74 Å². The topological polar surface area (TPSA) is 9.23 Å². The lowest BCUT2D eigenvalue weighted by molar-refractivity contribution is -0.153. The van der Waals surface area contributed by atoms with E-state index in [1.54, 1.807) is 25.1 Å². The highest BCUT2D eigenvalue weighted by Gasteiger charge is 2.29. The second-order valence-corrected chi connectivity index (χ2v) is 3.66. The number of alkyl halides is 4. The van der Waals surface area contributed by atoms with Crippen molar-refractivity contribution in [3.05, 3.63) is 29.3 Å². The third kappa shape index (κ3) is 3.74. The molecule has 1 aromatic rings. The van der Waals surface area contributed by atoms with Gasteiger partial charge in [-0.25, -0.2) is 0 Å². The van der Waals surface area contributed by atoms with E-state index in [1.807, 2.05) is 0 Å². The maximum absolute atomic E-state index is 12.0. The largest absolute Gasteiger partial charge is 0.484 e. The standard InChI is InChI=1S/C10H10BrF3O/c1-7-3-2-4-8(5-11)9(7)15-6-10(12,13)14/h2-4H,5-6H2,1H3. The molecule has 0 bridgehead atoms. The van der Waals surface area contributed by atoms with E-state index in [0.717, 1.165) is 5.56 Å². The predicted molar refractivity (Wildman–Crippen MR) is 55.4 cm³/mol. The number of benzene rings is 1. The molecule has 0 spiro atoms. The summed E-state index contributed by atoms with van der Waals surface area (Å²) in [6, 6.07) is 5.23. The van der Waals surface area contributed by atoms with E-state index in [-0.39, 0.29) is 0 Å². The van der Waals surface area contributed by atoms with Crippen molar-refractivity contribution in [2.75, 3.05) is 6.61 Å². The monoisotopic (exact) mass is 282 g/mol. The van der Waals surface area contributed by atoms with E-state index in [0.29, 0.717) is 16.6 Å². The van der Waals surface area contributed by atoms with Gasteiger partial charge in [0.05, 0.1) is 0 Å². The van der Waals surface area contributed by atoms with Crippen LogP contribution in [-0.4, -0.2) is 12.8 Å². The van der Waals surface area contributed by atoms with Crippen LogP contribution in [0.2, 0.25) is 0 Å². The fraction of sp³-hybridized carbons (Fsp3) is 0.400. The highest BCUT2D eigenvalue weighted by Crippen LogP contribution is 2.27. The molecule has 0 atom stereocenters. The summed E-state index contributed by atoms with van der Waals surface area (Å²) in [5.41, 5.74) is 1.43. The number of hydrogen-bond acceptors (Lipinski definition) is 1. The van der Waals surface area contributed by atoms with Crippen LogP contribution in [0.15, 0.2) is 18.2 Å². The third-order valence-corrected chi connectivity index (χ3v) is 2.42. The molecule has 0 aliphatic carbocycles. The zero-order valence-electron chi connectivity index (χ0n) is 8.07. The Balaban J connectivity index is 2.83. The van der Waals surface area contributed by atoms with Crippen LogP contribution in [0.1, 0.15) is 11.1 Å². The first-order valence-corrected chi connectivity index (χ1v) is 5.40. The summed E-state index contributed by atoms with van der Waals surface area (Å²) in [5, 5.41) is 0.474. The highest BCUT2D eigenvalue weighted by atomic mass is 79.9. The summed E-state index contributed by atoms with van der Waals surface area (Å²) in [6.45, 7) is 0.468. The van der Waals surface area contributed by atoms with Gasteiger partial charge in [-0.2, -0.15) is 13.2 Å². The number of ether oxygens (including phenoxy) is 1. The molecule has 1 aromatic carbocycles. The first-order chi connectivity index (χ1) is 6.94. The minimum Gasteiger partial charge on any atom is -0.484 e. The van der Waals surface area contributed by atoms with Gasteiger partial charge in [0.15, 0.2) is 6.61 Å². The number of para-hydroxylation sites is 1. The minimum absolute atomic E-state index is 0.312. The predicted octanol–water partition coefficient (Wildman–Crippen LogP) is 3.83. The van der Waals surface area contributed by atoms with Crippen molar-refractivity contribution in [3.63, 3.8) is 0 Å². The maximum Gasteiger partial charge on any atom is 0.422 e. The molecule has 0 radical (unpaired) electrons. The smallest absolute Gasteiger partial charge is 0.422 e. The molecule has 1 nitrogen and oxygen atoms in total. The minimum atomic E-state index is -4.30. The van der Waals surface area contributed by atoms with Gasteiger partial charge >= 0.3 is 6.18 Å². The fourth-order valence-electron chi connectivity index (χ4n) is 1.18. The Morgan fingerprint density at radius 3 is 2.53 bits per heavy atom. The number of halogens is 4. The molecule has 0 aromatic heterocycles. The summed E-state index contributed by atoms with van der Waals surface area (Å²) >= 11 is 3.20. The fourth-order valence-corrected chi connectivity index (χ4v) is 1.62. The Morgan fingerprint density at radius 1 is 1.33 bits per heavy atom. The first kappa shape index (κ1) is 12.4. The molecule has 84 valence electrons. The summed E-state index contributed by atoms with van der Waals surface area (Å²) < 4.78 is 40.7. The van der Waals surface area contributed by atoms with E-state index in [2.05, 4.69) is 15.9 Å². The van der Waals surface area contributed by atoms with Gasteiger partial charge in [0.25, 0.3) is 0 Å². The summed E-state index contributed by atoms with van der Waals surface area (Å²) in [7, 11) is 0. The van der Waals surface area contributed by atoms with Gasteiger partial charge in [-0.15, -0.1) is 0 Å². The van der Waals surface area contributed by atoms with Gasteiger partial charge in [-0.05, 0) is 12.5 Å². The third-order valence-electron chi connectivity index (χ3n) is 1.82. The summed E-state index contributed by atoms with van der Waals surface area (Å²) in [5.74, 6) is 0.312. The summed E-state index contributed by atoms with van der Waals surface area (Å²) in [4.78, 5) is 0. The normalized spacial score (nSPS) is 11.5. The van der Waals surface area contributed by atoms with Crippen LogP contribution in [0.5, 0.6) is 5.75 Å². The second-order valence-electron chi connectivity index (χ2n) is 3.10. The highest BCUT2D eigenvalue weighted by molar-refractivity contribution is 9.08. The van der Waals surface area contributed by atoms with Crippen LogP contribution >= 0.6 is 15.9 Å². The lowest BCUT2D eigenvalue weighted by atomic mass is 10.1. The Hall–Kier alpha value is -0.710. The van der Waals surface area contributed by atoms with Gasteiger partial charge < -0.3 is 4.74 Å². The lowest BCUT2D eigenvalue weighted by Gasteiger charge is -2.14. The van der Waals surface area contributed by atoms with E-state index in [1.165, 1.54) is 0 Å². The Bertz CT molecular complexity index is 336. The zero-order chi connectivity index (χ0) is 11.5. The number of hydrogen-bond donors (Lipinski definition) is 0. The summed E-state index contributed by atoms with van der Waals surface area (Å²) in [6.07, 6.45) is -4.30. The molecular weight excluding hydrogens is 273 g/mol. The molecule has 0 saturated heterocycles. The van der Waals surface area contributed by atoms with Crippen molar-refractivity contribution in [2.45, 2.75) is 18.4 Å². The van der Waals surface area contributed by atoms with Crippen molar-refractivity contribution in [1.29, 1.82) is 0 Å².